The fourth-order valence-electron chi connectivity index (χ4n) is 2.26. The molecule has 0 fully saturated rings. The fraction of sp³-hybridized carbons (Fsp3) is 0.111. The van der Waals surface area contributed by atoms with Crippen molar-refractivity contribution in [2.75, 3.05) is 0 Å². The van der Waals surface area contributed by atoms with Gasteiger partial charge in [-0.25, -0.2) is 0 Å². The molecule has 0 aromatic heterocycles. The van der Waals surface area contributed by atoms with E-state index in [2.05, 4.69) is 0 Å². The van der Waals surface area contributed by atoms with E-state index in [4.69, 9.17) is 11.5 Å². The molecule has 4 nitrogen and oxygen atoms in total. The summed E-state index contributed by atoms with van der Waals surface area (Å²) in [5, 5.41) is 0. The number of benzene rings is 2. The second-order valence-electron chi connectivity index (χ2n) is 5.21. The van der Waals surface area contributed by atoms with E-state index in [0.717, 1.165) is 11.1 Å². The van der Waals surface area contributed by atoms with Crippen molar-refractivity contribution in [3.05, 3.63) is 70.8 Å². The number of aryl methyl sites for hydroxylation is 2. The van der Waals surface area contributed by atoms with Gasteiger partial charge in [-0.05, 0) is 25.0 Å². The Kier molecular flexibility index (Phi) is 4.41. The minimum absolute atomic E-state index is 0.136. The van der Waals surface area contributed by atoms with E-state index in [0.29, 0.717) is 11.1 Å². The average Bonchev–Trinajstić information content (AvgIpc) is 2.46. The standard InChI is InChI=1S/C18H18N2O2/c1-11-3-7-13(8-4-11)15(17(19)21)16(18(20)22)14-9-5-12(2)6-10-14/h3-10H,1-2H3,(H2,19,21)(H2,20,22)/b16-15+. The highest BCUT2D eigenvalue weighted by atomic mass is 16.2. The van der Waals surface area contributed by atoms with Gasteiger partial charge >= 0.3 is 0 Å². The van der Waals surface area contributed by atoms with Gasteiger partial charge in [-0.15, -0.1) is 0 Å². The third-order valence-electron chi connectivity index (χ3n) is 3.42. The maximum absolute atomic E-state index is 11.9. The van der Waals surface area contributed by atoms with E-state index in [1.807, 2.05) is 38.1 Å². The average molecular weight is 294 g/mol. The van der Waals surface area contributed by atoms with Crippen LogP contribution in [0.4, 0.5) is 0 Å². The van der Waals surface area contributed by atoms with Crippen LogP contribution in [0.2, 0.25) is 0 Å². The molecule has 0 saturated carbocycles. The van der Waals surface area contributed by atoms with Crippen molar-refractivity contribution in [2.24, 2.45) is 11.5 Å². The summed E-state index contributed by atoms with van der Waals surface area (Å²) in [6.07, 6.45) is 0. The van der Waals surface area contributed by atoms with Crippen molar-refractivity contribution >= 4 is 23.0 Å². The Balaban J connectivity index is 2.73. The van der Waals surface area contributed by atoms with Crippen LogP contribution in [0.25, 0.3) is 11.1 Å². The Morgan fingerprint density at radius 2 is 0.909 bits per heavy atom. The lowest BCUT2D eigenvalue weighted by molar-refractivity contribution is -0.114. The number of carbonyl (C=O) groups is 2. The summed E-state index contributed by atoms with van der Waals surface area (Å²) in [5.74, 6) is -1.36. The van der Waals surface area contributed by atoms with Gasteiger partial charge in [0.1, 0.15) is 0 Å². The summed E-state index contributed by atoms with van der Waals surface area (Å²) < 4.78 is 0. The van der Waals surface area contributed by atoms with Crippen LogP contribution in [0.1, 0.15) is 22.3 Å². The van der Waals surface area contributed by atoms with Gasteiger partial charge in [-0.2, -0.15) is 0 Å². The van der Waals surface area contributed by atoms with Crippen LogP contribution < -0.4 is 11.5 Å². The third kappa shape index (κ3) is 3.23. The van der Waals surface area contributed by atoms with Crippen molar-refractivity contribution in [3.63, 3.8) is 0 Å². The topological polar surface area (TPSA) is 86.2 Å². The Bertz CT molecular complexity index is 676. The SMILES string of the molecule is Cc1ccc(/C(C(N)=O)=C(\C(N)=O)c2ccc(C)cc2)cc1. The number of hydrogen-bond acceptors (Lipinski definition) is 2. The molecule has 0 bridgehead atoms. The minimum Gasteiger partial charge on any atom is -0.366 e. The van der Waals surface area contributed by atoms with Gasteiger partial charge in [-0.1, -0.05) is 59.7 Å². The summed E-state index contributed by atoms with van der Waals surface area (Å²) in [6.45, 7) is 3.87. The van der Waals surface area contributed by atoms with Crippen LogP contribution in [0.5, 0.6) is 0 Å². The Morgan fingerprint density at radius 3 is 1.14 bits per heavy atom. The monoisotopic (exact) mass is 294 g/mol. The van der Waals surface area contributed by atoms with Gasteiger partial charge < -0.3 is 11.5 Å². The summed E-state index contributed by atoms with van der Waals surface area (Å²) in [5.41, 5.74) is 14.5. The summed E-state index contributed by atoms with van der Waals surface area (Å²) in [7, 11) is 0. The lowest BCUT2D eigenvalue weighted by atomic mass is 9.93. The van der Waals surface area contributed by atoms with Crippen LogP contribution in [0, 0.1) is 13.8 Å². The molecule has 0 heterocycles. The molecule has 2 amide bonds. The third-order valence-corrected chi connectivity index (χ3v) is 3.42. The molecule has 0 unspecified atom stereocenters. The lowest BCUT2D eigenvalue weighted by Crippen LogP contribution is -2.21. The first kappa shape index (κ1) is 15.5. The quantitative estimate of drug-likeness (QED) is 0.669. The van der Waals surface area contributed by atoms with Gasteiger partial charge in [0.15, 0.2) is 0 Å². The highest BCUT2D eigenvalue weighted by Gasteiger charge is 2.20. The van der Waals surface area contributed by atoms with E-state index in [9.17, 15) is 9.59 Å². The maximum atomic E-state index is 11.9. The number of nitrogens with two attached hydrogens (primary N) is 2. The molecule has 2 aromatic rings. The molecule has 0 aliphatic rings. The summed E-state index contributed by atoms with van der Waals surface area (Å²) >= 11 is 0. The maximum Gasteiger partial charge on any atom is 0.250 e. The first-order valence-corrected chi connectivity index (χ1v) is 6.88. The Hall–Kier alpha value is -2.88. The fourth-order valence-corrected chi connectivity index (χ4v) is 2.26. The zero-order chi connectivity index (χ0) is 16.3. The molecule has 0 atom stereocenters. The predicted octanol–water partition coefficient (Wildman–Crippen LogP) is 2.18. The van der Waals surface area contributed by atoms with Gasteiger partial charge in [0, 0.05) is 0 Å². The molecule has 2 rings (SSSR count). The molecule has 22 heavy (non-hydrogen) atoms. The van der Waals surface area contributed by atoms with Crippen LogP contribution in [0.3, 0.4) is 0 Å². The van der Waals surface area contributed by atoms with Crippen molar-refractivity contribution in [3.8, 4) is 0 Å². The zero-order valence-corrected chi connectivity index (χ0v) is 12.6. The molecule has 0 aliphatic carbocycles. The normalized spacial score (nSPS) is 11.7. The minimum atomic E-state index is -0.682. The van der Waals surface area contributed by atoms with Crippen LogP contribution >= 0.6 is 0 Å². The summed E-state index contributed by atoms with van der Waals surface area (Å²) in [6, 6.07) is 14.4. The molecule has 4 N–H and O–H groups in total. The number of amides is 2. The van der Waals surface area contributed by atoms with Gasteiger partial charge in [0.25, 0.3) is 0 Å². The van der Waals surface area contributed by atoms with Gasteiger partial charge in [0.2, 0.25) is 11.8 Å². The molecular formula is C18H18N2O2. The van der Waals surface area contributed by atoms with E-state index in [1.54, 1.807) is 24.3 Å². The highest BCUT2D eigenvalue weighted by Crippen LogP contribution is 2.26. The summed E-state index contributed by atoms with van der Waals surface area (Å²) in [4.78, 5) is 23.9. The van der Waals surface area contributed by atoms with Crippen molar-refractivity contribution in [1.82, 2.24) is 0 Å². The second-order valence-corrected chi connectivity index (χ2v) is 5.21. The molecule has 0 spiro atoms. The highest BCUT2D eigenvalue weighted by molar-refractivity contribution is 6.39. The number of rotatable bonds is 4. The second kappa shape index (κ2) is 6.26. The first-order chi connectivity index (χ1) is 10.4. The van der Waals surface area contributed by atoms with Crippen molar-refractivity contribution < 1.29 is 9.59 Å². The van der Waals surface area contributed by atoms with Crippen molar-refractivity contribution in [2.45, 2.75) is 13.8 Å². The smallest absolute Gasteiger partial charge is 0.250 e. The largest absolute Gasteiger partial charge is 0.366 e. The van der Waals surface area contributed by atoms with E-state index in [1.165, 1.54) is 0 Å². The first-order valence-electron chi connectivity index (χ1n) is 6.88. The number of hydrogen-bond donors (Lipinski definition) is 2. The number of carbonyl (C=O) groups excluding carboxylic acids is 2. The van der Waals surface area contributed by atoms with E-state index >= 15 is 0 Å². The zero-order valence-electron chi connectivity index (χ0n) is 12.6. The molecule has 4 heteroatoms. The Labute approximate surface area is 129 Å². The van der Waals surface area contributed by atoms with Crippen LogP contribution in [-0.2, 0) is 9.59 Å². The molecule has 0 aliphatic heterocycles. The van der Waals surface area contributed by atoms with Gasteiger partial charge in [-0.3, -0.25) is 9.59 Å². The molecule has 112 valence electrons. The molecule has 0 saturated heterocycles. The van der Waals surface area contributed by atoms with E-state index < -0.39 is 11.8 Å². The van der Waals surface area contributed by atoms with Crippen molar-refractivity contribution in [1.29, 1.82) is 0 Å². The molecule has 2 aromatic carbocycles. The van der Waals surface area contributed by atoms with Crippen LogP contribution in [0.15, 0.2) is 48.5 Å². The van der Waals surface area contributed by atoms with Gasteiger partial charge in [0.05, 0.1) is 11.1 Å². The lowest BCUT2D eigenvalue weighted by Gasteiger charge is -2.12. The number of primary amides is 2. The molecule has 0 radical (unpaired) electrons. The Morgan fingerprint density at radius 1 is 0.636 bits per heavy atom. The van der Waals surface area contributed by atoms with E-state index in [-0.39, 0.29) is 11.1 Å². The molecular weight excluding hydrogens is 276 g/mol. The van der Waals surface area contributed by atoms with Crippen LogP contribution in [-0.4, -0.2) is 11.8 Å². The predicted molar refractivity (Wildman–Crippen MR) is 87.6 cm³/mol.